The fourth-order valence-electron chi connectivity index (χ4n) is 10.4. The Morgan fingerprint density at radius 3 is 1.86 bits per heavy atom. The van der Waals surface area contributed by atoms with Gasteiger partial charge in [-0.3, -0.25) is 38.4 Å². The zero-order valence-electron chi connectivity index (χ0n) is 41.9. The number of aromatic amines is 1. The van der Waals surface area contributed by atoms with Crippen LogP contribution in [0.1, 0.15) is 98.1 Å². The van der Waals surface area contributed by atoms with Crippen LogP contribution in [-0.4, -0.2) is 150 Å². The van der Waals surface area contributed by atoms with Crippen molar-refractivity contribution < 1.29 is 43.5 Å². The van der Waals surface area contributed by atoms with Gasteiger partial charge in [-0.25, -0.2) is 0 Å². The molecule has 8 amide bonds. The largest absolute Gasteiger partial charge is 0.391 e. The first-order valence-electron chi connectivity index (χ1n) is 25.2. The molecule has 4 aliphatic heterocycles. The van der Waals surface area contributed by atoms with Gasteiger partial charge in [0.2, 0.25) is 47.3 Å². The Hall–Kier alpha value is -5.95. The third-order valence-corrected chi connectivity index (χ3v) is 15.9. The first-order valence-corrected chi connectivity index (χ1v) is 26.1. The standard InChI is InChI=1S/C52H71N9O9S/c1-8-30(4)42-51(70)61-41(28-71-52(61,6)7)48(67)55-37(26-33-27-53-35-19-13-12-18-34(33)35)44(63)56-38(25-32-16-10-9-11-17-32)49(68)59-22-14-20-39(59)46(65)54-36(24-29(2)3)45(64)58-43(31(5)62)50(69)60-23-15-21-40(60)47(66)57-42/h9-13,16-19,27,29-31,36-43,53,62H,8,14-15,20-26,28H2,1-7H3,(H,54,65)(H,55,67)(H,56,63)(H,57,66)(H,58,64)/t30-,31+,36-,37-,38-,39-,40-,41-,42-,43-/m0/s1. The van der Waals surface area contributed by atoms with E-state index in [1.54, 1.807) is 6.20 Å². The molecule has 0 spiro atoms. The Bertz CT molecular complexity index is 2460. The molecule has 5 heterocycles. The number of nitrogens with one attached hydrogen (secondary N) is 6. The fourth-order valence-corrected chi connectivity index (χ4v) is 11.6. The Kier molecular flexibility index (Phi) is 16.9. The van der Waals surface area contributed by atoms with E-state index in [9.17, 15) is 38.7 Å². The molecule has 19 heteroatoms. The van der Waals surface area contributed by atoms with Crippen molar-refractivity contribution in [3.63, 3.8) is 0 Å². The van der Waals surface area contributed by atoms with E-state index in [1.807, 2.05) is 96.1 Å². The number of carbonyl (C=O) groups excluding carboxylic acids is 8. The molecule has 0 unspecified atom stereocenters. The summed E-state index contributed by atoms with van der Waals surface area (Å²) in [6, 6.07) is 7.29. The predicted octanol–water partition coefficient (Wildman–Crippen LogP) is 2.53. The number of amides is 8. The summed E-state index contributed by atoms with van der Waals surface area (Å²) in [6.45, 7) is 12.8. The number of benzene rings is 2. The monoisotopic (exact) mass is 998 g/mol. The van der Waals surface area contributed by atoms with Crippen LogP contribution in [0.4, 0.5) is 0 Å². The minimum atomic E-state index is -1.49. The third-order valence-electron chi connectivity index (χ3n) is 14.5. The van der Waals surface area contributed by atoms with E-state index in [2.05, 4.69) is 31.6 Å². The maximum absolute atomic E-state index is 15.1. The van der Waals surface area contributed by atoms with Gasteiger partial charge in [0.1, 0.15) is 48.3 Å². The highest BCUT2D eigenvalue weighted by atomic mass is 32.2. The summed E-state index contributed by atoms with van der Waals surface area (Å²) in [5, 5.41) is 26.3. The second-order valence-corrected chi connectivity index (χ2v) is 22.1. The molecular weight excluding hydrogens is 927 g/mol. The first-order chi connectivity index (χ1) is 33.8. The molecule has 10 atom stereocenters. The minimum Gasteiger partial charge on any atom is -0.391 e. The van der Waals surface area contributed by atoms with Crippen LogP contribution in [0.25, 0.3) is 10.9 Å². The Morgan fingerprint density at radius 2 is 1.21 bits per heavy atom. The topological polar surface area (TPSA) is 242 Å². The lowest BCUT2D eigenvalue weighted by molar-refractivity contribution is -0.148. The number of aliphatic hydroxyl groups excluding tert-OH is 1. The van der Waals surface area contributed by atoms with Gasteiger partial charge in [0.15, 0.2) is 0 Å². The molecule has 3 aromatic rings. The van der Waals surface area contributed by atoms with Crippen LogP contribution in [0, 0.1) is 11.8 Å². The van der Waals surface area contributed by atoms with Crippen molar-refractivity contribution in [3.05, 3.63) is 71.9 Å². The van der Waals surface area contributed by atoms with Crippen molar-refractivity contribution in [2.45, 2.75) is 159 Å². The molecule has 4 aliphatic rings. The highest BCUT2D eigenvalue weighted by molar-refractivity contribution is 8.00. The van der Waals surface area contributed by atoms with Gasteiger partial charge < -0.3 is 51.4 Å². The fraction of sp³-hybridized carbons (Fsp3) is 0.577. The molecule has 0 aliphatic carbocycles. The van der Waals surface area contributed by atoms with Gasteiger partial charge in [-0.05, 0) is 81.9 Å². The Morgan fingerprint density at radius 1 is 0.648 bits per heavy atom. The molecule has 0 bridgehead atoms. The van der Waals surface area contributed by atoms with E-state index < -0.39 is 112 Å². The van der Waals surface area contributed by atoms with Crippen LogP contribution in [0.2, 0.25) is 0 Å². The number of thioether (sulfide) groups is 1. The van der Waals surface area contributed by atoms with Crippen LogP contribution in [0.15, 0.2) is 60.8 Å². The van der Waals surface area contributed by atoms with Crippen molar-refractivity contribution in [3.8, 4) is 0 Å². The quantitative estimate of drug-likeness (QED) is 0.165. The Balaban J connectivity index is 1.31. The number of carbonyl (C=O) groups is 8. The molecule has 2 aromatic carbocycles. The van der Waals surface area contributed by atoms with Crippen LogP contribution in [0.3, 0.4) is 0 Å². The number of hydrogen-bond donors (Lipinski definition) is 7. The summed E-state index contributed by atoms with van der Waals surface area (Å²) in [7, 11) is 0. The van der Waals surface area contributed by atoms with Gasteiger partial charge in [0, 0.05) is 48.8 Å². The number of nitrogens with zero attached hydrogens (tertiary/aromatic N) is 3. The summed E-state index contributed by atoms with van der Waals surface area (Å²) >= 11 is 1.38. The summed E-state index contributed by atoms with van der Waals surface area (Å²) in [5.74, 6) is -5.26. The van der Waals surface area contributed by atoms with Crippen molar-refractivity contribution in [1.82, 2.24) is 46.3 Å². The molecule has 384 valence electrons. The highest BCUT2D eigenvalue weighted by Crippen LogP contribution is 2.40. The summed E-state index contributed by atoms with van der Waals surface area (Å²) in [4.78, 5) is 124. The van der Waals surface area contributed by atoms with Gasteiger partial charge >= 0.3 is 0 Å². The van der Waals surface area contributed by atoms with Crippen LogP contribution >= 0.6 is 11.8 Å². The normalized spacial score (nSPS) is 28.3. The number of H-pyrrole nitrogens is 1. The average molecular weight is 998 g/mol. The number of hydrogen-bond acceptors (Lipinski definition) is 10. The van der Waals surface area contributed by atoms with Crippen molar-refractivity contribution >= 4 is 69.9 Å². The Labute approximate surface area is 419 Å². The maximum atomic E-state index is 15.1. The summed E-state index contributed by atoms with van der Waals surface area (Å²) in [6.07, 6.45) is 2.48. The average Bonchev–Trinajstić information content (AvgIpc) is 4.17. The van der Waals surface area contributed by atoms with E-state index in [4.69, 9.17) is 0 Å². The van der Waals surface area contributed by atoms with E-state index in [0.717, 1.165) is 22.0 Å². The lowest BCUT2D eigenvalue weighted by Gasteiger charge is -2.39. The first kappa shape index (κ1) is 52.9. The SMILES string of the molecule is CC[C@H](C)[C@@H]1NC(=O)[C@@H]2CCCN2C(=O)[C@H]([C@@H](C)O)NC(=O)[C@H](CC(C)C)NC(=O)[C@@H]2CCCN2C(=O)[C@H](Cc2ccccc2)NC(=O)[C@H](Cc2c[nH]c3ccccc23)NC(=O)[C@@H]2CSC(C)(C)N2C1=O. The second-order valence-electron chi connectivity index (χ2n) is 20.5. The number of aliphatic hydroxyl groups is 1. The zero-order valence-corrected chi connectivity index (χ0v) is 42.7. The molecule has 1 aromatic heterocycles. The van der Waals surface area contributed by atoms with Gasteiger partial charge in [-0.1, -0.05) is 82.6 Å². The van der Waals surface area contributed by atoms with E-state index in [1.165, 1.54) is 33.4 Å². The molecule has 18 nitrogen and oxygen atoms in total. The van der Waals surface area contributed by atoms with Gasteiger partial charge in [0.25, 0.3) is 0 Å². The molecule has 4 saturated heterocycles. The van der Waals surface area contributed by atoms with Gasteiger partial charge in [0.05, 0.1) is 11.0 Å². The van der Waals surface area contributed by atoms with Crippen molar-refractivity contribution in [1.29, 1.82) is 0 Å². The molecule has 7 rings (SSSR count). The van der Waals surface area contributed by atoms with Crippen LogP contribution < -0.4 is 26.6 Å². The minimum absolute atomic E-state index is 0.0111. The lowest BCUT2D eigenvalue weighted by Crippen LogP contribution is -2.64. The zero-order chi connectivity index (χ0) is 51.3. The highest BCUT2D eigenvalue weighted by Gasteiger charge is 2.51. The molecule has 71 heavy (non-hydrogen) atoms. The van der Waals surface area contributed by atoms with Crippen LogP contribution in [0.5, 0.6) is 0 Å². The van der Waals surface area contributed by atoms with E-state index in [-0.39, 0.29) is 56.9 Å². The maximum Gasteiger partial charge on any atom is 0.248 e. The molecule has 0 radical (unpaired) electrons. The number of para-hydroxylation sites is 1. The van der Waals surface area contributed by atoms with E-state index in [0.29, 0.717) is 19.3 Å². The van der Waals surface area contributed by atoms with Crippen molar-refractivity contribution in [2.24, 2.45) is 11.8 Å². The molecular formula is C52H71N9O9S. The number of rotatable bonds is 9. The van der Waals surface area contributed by atoms with Gasteiger partial charge in [-0.15, -0.1) is 11.8 Å². The van der Waals surface area contributed by atoms with Gasteiger partial charge in [-0.2, -0.15) is 0 Å². The molecule has 7 N–H and O–H groups in total. The smallest absolute Gasteiger partial charge is 0.248 e. The predicted molar refractivity (Wildman–Crippen MR) is 269 cm³/mol. The lowest BCUT2D eigenvalue weighted by atomic mass is 9.95. The number of fused-ring (bicyclic) bond motifs is 4. The second kappa shape index (κ2) is 22.6. The molecule has 4 fully saturated rings. The summed E-state index contributed by atoms with van der Waals surface area (Å²) < 4.78 is 0. The number of aromatic nitrogens is 1. The van der Waals surface area contributed by atoms with Crippen LogP contribution in [-0.2, 0) is 51.2 Å². The van der Waals surface area contributed by atoms with Crippen molar-refractivity contribution in [2.75, 3.05) is 18.8 Å². The third kappa shape index (κ3) is 11.9. The summed E-state index contributed by atoms with van der Waals surface area (Å²) in [5.41, 5.74) is 2.28. The van der Waals surface area contributed by atoms with E-state index >= 15 is 4.79 Å². The molecule has 0 saturated carbocycles.